The number of fused-ring (bicyclic) bond motifs is 1. The Kier molecular flexibility index (Phi) is 4.09. The van der Waals surface area contributed by atoms with Crippen molar-refractivity contribution in [3.8, 4) is 17.2 Å². The largest absolute Gasteiger partial charge is 0.299 e. The molecule has 0 atom stereocenters. The van der Waals surface area contributed by atoms with E-state index in [4.69, 9.17) is 0 Å². The summed E-state index contributed by atoms with van der Waals surface area (Å²) in [5.41, 5.74) is 3.76. The van der Waals surface area contributed by atoms with Gasteiger partial charge in [-0.1, -0.05) is 37.3 Å². The highest BCUT2D eigenvalue weighted by Gasteiger charge is 2.30. The van der Waals surface area contributed by atoms with Crippen LogP contribution in [0.1, 0.15) is 23.6 Å². The molecule has 5 heteroatoms. The van der Waals surface area contributed by atoms with Gasteiger partial charge in [0.2, 0.25) is 0 Å². The molecule has 1 aliphatic heterocycles. The topological polar surface area (TPSA) is 70.2 Å². The van der Waals surface area contributed by atoms with E-state index in [-0.39, 0.29) is 11.3 Å². The number of hydrogen-bond acceptors (Lipinski definition) is 4. The van der Waals surface area contributed by atoms with Crippen molar-refractivity contribution in [3.63, 3.8) is 0 Å². The van der Waals surface area contributed by atoms with Crippen molar-refractivity contribution in [1.82, 2.24) is 4.90 Å². The van der Waals surface area contributed by atoms with Crippen molar-refractivity contribution in [3.05, 3.63) is 63.2 Å². The second-order valence-electron chi connectivity index (χ2n) is 5.63. The Balaban J connectivity index is 2.28. The van der Waals surface area contributed by atoms with Gasteiger partial charge in [0.15, 0.2) is 0 Å². The third-order valence-corrected chi connectivity index (χ3v) is 4.41. The molecule has 0 saturated carbocycles. The molecule has 0 radical (unpaired) electrons. The minimum absolute atomic E-state index is 0.0275. The van der Waals surface area contributed by atoms with Crippen LogP contribution >= 0.6 is 0 Å². The van der Waals surface area contributed by atoms with E-state index < -0.39 is 4.92 Å². The van der Waals surface area contributed by atoms with Gasteiger partial charge in [0.05, 0.1) is 4.92 Å². The molecular formula is C18H17N3O2. The van der Waals surface area contributed by atoms with Gasteiger partial charge in [0, 0.05) is 18.7 Å². The summed E-state index contributed by atoms with van der Waals surface area (Å²) in [5.74, 6) is 0. The average Bonchev–Trinajstić information content (AvgIpc) is 2.60. The molecule has 0 fully saturated rings. The van der Waals surface area contributed by atoms with Crippen LogP contribution < -0.4 is 0 Å². The maximum atomic E-state index is 11.5. The maximum absolute atomic E-state index is 11.5. The van der Waals surface area contributed by atoms with Crippen LogP contribution in [-0.2, 0) is 13.0 Å². The first-order chi connectivity index (χ1) is 11.2. The molecule has 5 nitrogen and oxygen atoms in total. The number of nitro benzene ring substituents is 1. The smallest absolute Gasteiger partial charge is 0.291 e. The van der Waals surface area contributed by atoms with E-state index in [0.29, 0.717) is 12.1 Å². The predicted octanol–water partition coefficient (Wildman–Crippen LogP) is 3.51. The highest BCUT2D eigenvalue weighted by Crippen LogP contribution is 2.38. The normalized spacial score (nSPS) is 14.1. The molecular weight excluding hydrogens is 290 g/mol. The zero-order valence-corrected chi connectivity index (χ0v) is 13.0. The highest BCUT2D eigenvalue weighted by atomic mass is 16.6. The summed E-state index contributed by atoms with van der Waals surface area (Å²) in [7, 11) is 0. The van der Waals surface area contributed by atoms with E-state index in [1.807, 2.05) is 43.3 Å². The van der Waals surface area contributed by atoms with Crippen LogP contribution in [0.3, 0.4) is 0 Å². The Hall–Kier alpha value is -2.71. The molecule has 1 aliphatic rings. The monoisotopic (exact) mass is 307 g/mol. The lowest BCUT2D eigenvalue weighted by Gasteiger charge is -2.29. The molecule has 3 rings (SSSR count). The molecule has 0 aliphatic carbocycles. The van der Waals surface area contributed by atoms with Crippen LogP contribution in [0, 0.1) is 21.4 Å². The van der Waals surface area contributed by atoms with Gasteiger partial charge in [-0.05, 0) is 35.7 Å². The van der Waals surface area contributed by atoms with Crippen LogP contribution in [-0.4, -0.2) is 22.9 Å². The van der Waals surface area contributed by atoms with Gasteiger partial charge in [-0.25, -0.2) is 0 Å². The predicted molar refractivity (Wildman–Crippen MR) is 87.9 cm³/mol. The Morgan fingerprint density at radius 3 is 2.65 bits per heavy atom. The molecule has 2 aromatic rings. The van der Waals surface area contributed by atoms with Crippen molar-refractivity contribution < 1.29 is 4.92 Å². The van der Waals surface area contributed by atoms with Crippen LogP contribution in [0.2, 0.25) is 0 Å². The standard InChI is InChI=1S/C18H17N3O2/c1-2-20-9-8-15-16(13-6-4-3-5-7-13)10-14(11-19)18(21(22)23)17(15)12-20/h3-7,10H,2,8-9,12H2,1H3. The lowest BCUT2D eigenvalue weighted by atomic mass is 9.87. The van der Waals surface area contributed by atoms with Gasteiger partial charge in [0.25, 0.3) is 5.69 Å². The molecule has 0 amide bonds. The number of hydrogen-bond donors (Lipinski definition) is 0. The SMILES string of the molecule is CCN1CCc2c(-c3ccccc3)cc(C#N)c([N+](=O)[O-])c2C1. The third-order valence-electron chi connectivity index (χ3n) is 4.41. The van der Waals surface area contributed by atoms with Crippen molar-refractivity contribution in [2.24, 2.45) is 0 Å². The molecule has 1 heterocycles. The van der Waals surface area contributed by atoms with Gasteiger partial charge in [-0.2, -0.15) is 5.26 Å². The molecule has 23 heavy (non-hydrogen) atoms. The summed E-state index contributed by atoms with van der Waals surface area (Å²) in [6.07, 6.45) is 0.764. The van der Waals surface area contributed by atoms with Gasteiger partial charge >= 0.3 is 0 Å². The summed E-state index contributed by atoms with van der Waals surface area (Å²) >= 11 is 0. The maximum Gasteiger partial charge on any atom is 0.291 e. The van der Waals surface area contributed by atoms with E-state index >= 15 is 0 Å². The lowest BCUT2D eigenvalue weighted by molar-refractivity contribution is -0.386. The summed E-state index contributed by atoms with van der Waals surface area (Å²) < 4.78 is 0. The molecule has 0 bridgehead atoms. The molecule has 0 N–H and O–H groups in total. The summed E-state index contributed by atoms with van der Waals surface area (Å²) in [5, 5.41) is 20.9. The van der Waals surface area contributed by atoms with E-state index in [9.17, 15) is 15.4 Å². The second kappa shape index (κ2) is 6.19. The molecule has 2 aromatic carbocycles. The molecule has 0 unspecified atom stereocenters. The fourth-order valence-electron chi connectivity index (χ4n) is 3.24. The van der Waals surface area contributed by atoms with Gasteiger partial charge in [-0.3, -0.25) is 15.0 Å². The number of nitro groups is 1. The van der Waals surface area contributed by atoms with Crippen LogP contribution in [0.5, 0.6) is 0 Å². The molecule has 0 saturated heterocycles. The number of nitriles is 1. The number of nitrogens with zero attached hydrogens (tertiary/aromatic N) is 3. The van der Waals surface area contributed by atoms with Crippen molar-refractivity contribution in [2.45, 2.75) is 19.9 Å². The van der Waals surface area contributed by atoms with Gasteiger partial charge in [0.1, 0.15) is 11.6 Å². The van der Waals surface area contributed by atoms with Crippen molar-refractivity contribution in [1.29, 1.82) is 5.26 Å². The third kappa shape index (κ3) is 2.69. The first-order valence-corrected chi connectivity index (χ1v) is 7.66. The first-order valence-electron chi connectivity index (χ1n) is 7.66. The van der Waals surface area contributed by atoms with E-state index in [1.54, 1.807) is 6.07 Å². The Labute approximate surface area is 134 Å². The Morgan fingerprint density at radius 2 is 2.04 bits per heavy atom. The minimum Gasteiger partial charge on any atom is -0.299 e. The van der Waals surface area contributed by atoms with E-state index in [0.717, 1.165) is 36.2 Å². The first kappa shape index (κ1) is 15.2. The summed E-state index contributed by atoms with van der Waals surface area (Å²) in [6.45, 7) is 4.29. The van der Waals surface area contributed by atoms with Crippen molar-refractivity contribution >= 4 is 5.69 Å². The van der Waals surface area contributed by atoms with Gasteiger partial charge < -0.3 is 0 Å². The zero-order chi connectivity index (χ0) is 16.4. The summed E-state index contributed by atoms with van der Waals surface area (Å²) in [4.78, 5) is 13.3. The van der Waals surface area contributed by atoms with Crippen LogP contribution in [0.25, 0.3) is 11.1 Å². The number of rotatable bonds is 3. The number of benzene rings is 2. The summed E-state index contributed by atoms with van der Waals surface area (Å²) in [6, 6.07) is 13.5. The van der Waals surface area contributed by atoms with E-state index in [2.05, 4.69) is 4.90 Å². The lowest BCUT2D eigenvalue weighted by Crippen LogP contribution is -2.31. The molecule has 116 valence electrons. The quantitative estimate of drug-likeness (QED) is 0.642. The fourth-order valence-corrected chi connectivity index (χ4v) is 3.24. The molecule has 0 spiro atoms. The molecule has 0 aromatic heterocycles. The van der Waals surface area contributed by atoms with Crippen LogP contribution in [0.15, 0.2) is 36.4 Å². The van der Waals surface area contributed by atoms with Crippen molar-refractivity contribution in [2.75, 3.05) is 13.1 Å². The minimum atomic E-state index is -0.411. The Morgan fingerprint density at radius 1 is 1.30 bits per heavy atom. The van der Waals surface area contributed by atoms with Crippen LogP contribution in [0.4, 0.5) is 5.69 Å². The fraction of sp³-hybridized carbons (Fsp3) is 0.278. The van der Waals surface area contributed by atoms with E-state index in [1.165, 1.54) is 0 Å². The average molecular weight is 307 g/mol. The second-order valence-corrected chi connectivity index (χ2v) is 5.63. The Bertz CT molecular complexity index is 794. The van der Waals surface area contributed by atoms with Gasteiger partial charge in [-0.15, -0.1) is 0 Å². The zero-order valence-electron chi connectivity index (χ0n) is 13.0. The highest BCUT2D eigenvalue weighted by molar-refractivity contribution is 5.75. The number of likely N-dealkylation sites (N-methyl/N-ethyl adjacent to an activating group) is 1.